The summed E-state index contributed by atoms with van der Waals surface area (Å²) in [6.07, 6.45) is 4.83. The molecular formula is C20H26N2O4. The van der Waals surface area contributed by atoms with Gasteiger partial charge in [-0.1, -0.05) is 18.9 Å². The summed E-state index contributed by atoms with van der Waals surface area (Å²) in [5, 5.41) is 9.35. The van der Waals surface area contributed by atoms with Gasteiger partial charge in [-0.15, -0.1) is 0 Å². The number of hydrogen-bond acceptors (Lipinski definition) is 4. The van der Waals surface area contributed by atoms with Crippen LogP contribution in [0.15, 0.2) is 18.2 Å². The Hall–Kier alpha value is -2.08. The van der Waals surface area contributed by atoms with Gasteiger partial charge in [0, 0.05) is 31.1 Å². The number of carbonyl (C=O) groups excluding carboxylic acids is 2. The van der Waals surface area contributed by atoms with Crippen molar-refractivity contribution in [2.24, 2.45) is 5.92 Å². The van der Waals surface area contributed by atoms with Crippen molar-refractivity contribution in [3.63, 3.8) is 0 Å². The molecule has 2 amide bonds. The molecule has 140 valence electrons. The predicted molar refractivity (Wildman–Crippen MR) is 95.4 cm³/mol. The second-order valence-electron chi connectivity index (χ2n) is 7.59. The Labute approximate surface area is 153 Å². The highest BCUT2D eigenvalue weighted by molar-refractivity contribution is 5.89. The molecule has 2 aliphatic heterocycles. The number of benzene rings is 1. The molecule has 26 heavy (non-hydrogen) atoms. The zero-order valence-corrected chi connectivity index (χ0v) is 15.0. The predicted octanol–water partition coefficient (Wildman–Crippen LogP) is 1.69. The quantitative estimate of drug-likeness (QED) is 0.893. The second-order valence-corrected chi connectivity index (χ2v) is 7.59. The van der Waals surface area contributed by atoms with Crippen LogP contribution in [-0.2, 0) is 22.7 Å². The lowest BCUT2D eigenvalue weighted by Gasteiger charge is -2.26. The van der Waals surface area contributed by atoms with E-state index in [1.54, 1.807) is 0 Å². The van der Waals surface area contributed by atoms with Gasteiger partial charge in [0.15, 0.2) is 0 Å². The molecule has 1 saturated carbocycles. The number of aliphatic hydroxyl groups excluding tert-OH is 1. The van der Waals surface area contributed by atoms with Crippen LogP contribution in [0.2, 0.25) is 0 Å². The minimum absolute atomic E-state index is 0.0330. The van der Waals surface area contributed by atoms with Crippen molar-refractivity contribution in [2.75, 3.05) is 19.7 Å². The highest BCUT2D eigenvalue weighted by atomic mass is 16.5. The SMILES string of the molecule is O=C([C@H]1CC(=O)N(C2CCCC2)C1)N1CCOc2ccc(CO)cc2C1. The first-order chi connectivity index (χ1) is 12.7. The number of aliphatic hydroxyl groups is 1. The van der Waals surface area contributed by atoms with E-state index in [0.717, 1.165) is 29.7 Å². The fraction of sp³-hybridized carbons (Fsp3) is 0.600. The van der Waals surface area contributed by atoms with Gasteiger partial charge in [-0.2, -0.15) is 0 Å². The largest absolute Gasteiger partial charge is 0.491 e. The Morgan fingerprint density at radius 2 is 2.08 bits per heavy atom. The van der Waals surface area contributed by atoms with E-state index in [9.17, 15) is 14.7 Å². The van der Waals surface area contributed by atoms with Gasteiger partial charge >= 0.3 is 0 Å². The van der Waals surface area contributed by atoms with Gasteiger partial charge in [0.2, 0.25) is 11.8 Å². The minimum atomic E-state index is -0.245. The molecule has 2 heterocycles. The maximum absolute atomic E-state index is 13.1. The minimum Gasteiger partial charge on any atom is -0.491 e. The smallest absolute Gasteiger partial charge is 0.228 e. The van der Waals surface area contributed by atoms with Gasteiger partial charge in [-0.3, -0.25) is 9.59 Å². The molecule has 3 aliphatic rings. The van der Waals surface area contributed by atoms with Crippen LogP contribution in [0.4, 0.5) is 0 Å². The summed E-state index contributed by atoms with van der Waals surface area (Å²) in [5.41, 5.74) is 1.73. The van der Waals surface area contributed by atoms with Gasteiger partial charge in [-0.05, 0) is 30.5 Å². The molecule has 1 aromatic rings. The topological polar surface area (TPSA) is 70.1 Å². The average molecular weight is 358 g/mol. The van der Waals surface area contributed by atoms with Gasteiger partial charge in [0.1, 0.15) is 12.4 Å². The Kier molecular flexibility index (Phi) is 4.85. The maximum atomic E-state index is 13.1. The summed E-state index contributed by atoms with van der Waals surface area (Å²) in [4.78, 5) is 29.2. The van der Waals surface area contributed by atoms with Crippen LogP contribution < -0.4 is 4.74 Å². The van der Waals surface area contributed by atoms with E-state index in [2.05, 4.69) is 0 Å². The van der Waals surface area contributed by atoms with Crippen LogP contribution >= 0.6 is 0 Å². The van der Waals surface area contributed by atoms with Gasteiger partial charge < -0.3 is 19.6 Å². The molecule has 0 aromatic heterocycles. The van der Waals surface area contributed by atoms with E-state index in [-0.39, 0.29) is 24.3 Å². The van der Waals surface area contributed by atoms with Crippen molar-refractivity contribution in [3.8, 4) is 5.75 Å². The number of fused-ring (bicyclic) bond motifs is 1. The molecule has 0 radical (unpaired) electrons. The van der Waals surface area contributed by atoms with Crippen LogP contribution in [-0.4, -0.2) is 52.5 Å². The number of amides is 2. The van der Waals surface area contributed by atoms with Crippen LogP contribution in [0.1, 0.15) is 43.2 Å². The van der Waals surface area contributed by atoms with E-state index in [1.165, 1.54) is 12.8 Å². The fourth-order valence-corrected chi connectivity index (χ4v) is 4.46. The number of rotatable bonds is 3. The first kappa shape index (κ1) is 17.3. The Morgan fingerprint density at radius 3 is 2.85 bits per heavy atom. The molecule has 4 rings (SSSR count). The summed E-state index contributed by atoms with van der Waals surface area (Å²) >= 11 is 0. The lowest BCUT2D eigenvalue weighted by molar-refractivity contribution is -0.136. The monoisotopic (exact) mass is 358 g/mol. The van der Waals surface area contributed by atoms with Crippen molar-refractivity contribution < 1.29 is 19.4 Å². The third-order valence-corrected chi connectivity index (χ3v) is 5.87. The lowest BCUT2D eigenvalue weighted by Crippen LogP contribution is -2.39. The molecule has 0 unspecified atom stereocenters. The number of carbonyl (C=O) groups is 2. The highest BCUT2D eigenvalue weighted by Crippen LogP contribution is 2.31. The van der Waals surface area contributed by atoms with E-state index in [1.807, 2.05) is 28.0 Å². The van der Waals surface area contributed by atoms with E-state index < -0.39 is 0 Å². The lowest BCUT2D eigenvalue weighted by atomic mass is 10.1. The fourth-order valence-electron chi connectivity index (χ4n) is 4.46. The van der Waals surface area contributed by atoms with Gasteiger partial charge in [0.25, 0.3) is 0 Å². The van der Waals surface area contributed by atoms with Gasteiger partial charge in [-0.25, -0.2) is 0 Å². The van der Waals surface area contributed by atoms with E-state index in [4.69, 9.17) is 4.74 Å². The van der Waals surface area contributed by atoms with Crippen LogP contribution in [0.5, 0.6) is 5.75 Å². The molecule has 6 nitrogen and oxygen atoms in total. The number of nitrogens with zero attached hydrogens (tertiary/aromatic N) is 2. The van der Waals surface area contributed by atoms with Crippen molar-refractivity contribution in [2.45, 2.75) is 51.3 Å². The van der Waals surface area contributed by atoms with Crippen LogP contribution in [0.3, 0.4) is 0 Å². The molecule has 1 saturated heterocycles. The summed E-state index contributed by atoms with van der Waals surface area (Å²) in [5.74, 6) is 0.701. The first-order valence-corrected chi connectivity index (χ1v) is 9.59. The molecule has 1 N–H and O–H groups in total. The van der Waals surface area contributed by atoms with Crippen molar-refractivity contribution in [1.82, 2.24) is 9.80 Å². The maximum Gasteiger partial charge on any atom is 0.228 e. The zero-order chi connectivity index (χ0) is 18.1. The molecule has 0 spiro atoms. The third-order valence-electron chi connectivity index (χ3n) is 5.87. The van der Waals surface area contributed by atoms with Crippen molar-refractivity contribution in [3.05, 3.63) is 29.3 Å². The summed E-state index contributed by atoms with van der Waals surface area (Å²) in [7, 11) is 0. The zero-order valence-electron chi connectivity index (χ0n) is 15.0. The van der Waals surface area contributed by atoms with Crippen LogP contribution in [0.25, 0.3) is 0 Å². The Bertz CT molecular complexity index is 699. The summed E-state index contributed by atoms with van der Waals surface area (Å²) in [6, 6.07) is 5.92. The van der Waals surface area contributed by atoms with E-state index in [0.29, 0.717) is 38.7 Å². The molecule has 1 aromatic carbocycles. The standard InChI is InChI=1S/C20H26N2O4/c23-13-14-5-6-18-15(9-14)11-21(7-8-26-18)20(25)16-10-19(24)22(12-16)17-3-1-2-4-17/h5-6,9,16-17,23H,1-4,7-8,10-13H2/t16-/m0/s1. The van der Waals surface area contributed by atoms with Crippen molar-refractivity contribution in [1.29, 1.82) is 0 Å². The number of hydrogen-bond donors (Lipinski definition) is 1. The van der Waals surface area contributed by atoms with Crippen molar-refractivity contribution >= 4 is 11.8 Å². The third kappa shape index (κ3) is 3.30. The highest BCUT2D eigenvalue weighted by Gasteiger charge is 2.40. The van der Waals surface area contributed by atoms with Gasteiger partial charge in [0.05, 0.1) is 19.1 Å². The Morgan fingerprint density at radius 1 is 1.27 bits per heavy atom. The number of likely N-dealkylation sites (tertiary alicyclic amines) is 1. The summed E-state index contributed by atoms with van der Waals surface area (Å²) < 4.78 is 5.76. The molecule has 0 bridgehead atoms. The molecular weight excluding hydrogens is 332 g/mol. The first-order valence-electron chi connectivity index (χ1n) is 9.59. The molecule has 6 heteroatoms. The second kappa shape index (κ2) is 7.27. The average Bonchev–Trinajstić information content (AvgIpc) is 3.25. The van der Waals surface area contributed by atoms with Crippen LogP contribution in [0, 0.1) is 5.92 Å². The molecule has 1 aliphatic carbocycles. The summed E-state index contributed by atoms with van der Waals surface area (Å²) in [6.45, 7) is 1.97. The van der Waals surface area contributed by atoms with E-state index >= 15 is 0 Å². The normalized spacial score (nSPS) is 23.7. The number of ether oxygens (including phenoxy) is 1. The molecule has 2 fully saturated rings. The Balaban J connectivity index is 1.46. The molecule has 1 atom stereocenters.